The number of amides is 1. The zero-order chi connectivity index (χ0) is 26.1. The number of carboxylic acid groups (broad SMARTS) is 1. The number of hydrogen-bond donors (Lipinski definition) is 3. The minimum absolute atomic E-state index is 0.223. The Kier molecular flexibility index (Phi) is 6.74. The number of aromatic nitrogens is 1. The molecule has 1 aliphatic rings. The highest BCUT2D eigenvalue weighted by Crippen LogP contribution is 2.39. The van der Waals surface area contributed by atoms with E-state index >= 15 is 0 Å². The Labute approximate surface area is 221 Å². The van der Waals surface area contributed by atoms with Crippen LogP contribution in [0.4, 0.5) is 0 Å². The first kappa shape index (κ1) is 24.6. The van der Waals surface area contributed by atoms with Crippen LogP contribution in [-0.2, 0) is 9.59 Å². The molecule has 0 saturated carbocycles. The zero-order valence-corrected chi connectivity index (χ0v) is 20.9. The number of carbonyl (C=O) groups excluding carboxylic acids is 1. The number of halogens is 2. The summed E-state index contributed by atoms with van der Waals surface area (Å²) in [4.78, 5) is 40.7. The number of aliphatic carboxylic acids is 1. The van der Waals surface area contributed by atoms with E-state index < -0.39 is 17.9 Å². The average molecular weight is 534 g/mol. The Balaban J connectivity index is 1.72. The number of H-pyrrole nitrogens is 1. The third-order valence-electron chi connectivity index (χ3n) is 6.20. The topological polar surface area (TPSA) is 102 Å². The second-order valence-electron chi connectivity index (χ2n) is 8.58. The number of hydrogen-bond acceptors (Lipinski definition) is 4. The molecule has 1 atom stereocenters. The van der Waals surface area contributed by atoms with Gasteiger partial charge in [0.15, 0.2) is 0 Å². The van der Waals surface area contributed by atoms with Gasteiger partial charge in [-0.2, -0.15) is 0 Å². The van der Waals surface area contributed by atoms with Crippen LogP contribution in [0.3, 0.4) is 0 Å². The van der Waals surface area contributed by atoms with Crippen molar-refractivity contribution >= 4 is 51.7 Å². The zero-order valence-electron chi connectivity index (χ0n) is 19.4. The molecule has 5 rings (SSSR count). The molecular formula is C28H21Cl2N3O4. The fourth-order valence-corrected chi connectivity index (χ4v) is 4.95. The molecule has 7 nitrogen and oxygen atoms in total. The highest BCUT2D eigenvalue weighted by atomic mass is 35.5. The van der Waals surface area contributed by atoms with Crippen LogP contribution in [0.25, 0.3) is 27.7 Å². The minimum Gasteiger partial charge on any atom is -0.481 e. The van der Waals surface area contributed by atoms with Gasteiger partial charge in [0.1, 0.15) is 6.04 Å². The number of carbonyl (C=O) groups is 2. The molecule has 3 aromatic carbocycles. The number of nitrogens with one attached hydrogen (secondary N) is 2. The number of rotatable bonds is 6. The molecule has 0 radical (unpaired) electrons. The number of fused-ring (bicyclic) bond motifs is 1. The molecule has 0 fully saturated rings. The Morgan fingerprint density at radius 2 is 1.65 bits per heavy atom. The molecule has 37 heavy (non-hydrogen) atoms. The van der Waals surface area contributed by atoms with Crippen LogP contribution in [0.5, 0.6) is 0 Å². The van der Waals surface area contributed by atoms with Gasteiger partial charge >= 0.3 is 5.97 Å². The van der Waals surface area contributed by atoms with Crippen LogP contribution in [0.1, 0.15) is 30.0 Å². The molecule has 0 spiro atoms. The molecule has 1 aromatic heterocycles. The first-order valence-electron chi connectivity index (χ1n) is 11.5. The number of carboxylic acids is 1. The standard InChI is InChI=1S/C28H21Cl2N3O4/c29-17-10-11-21-19(14-17)26(16-6-2-1-3-7-16)27(28(37)31-21)22-15-23(18-8-4-5-9-20(18)30)33(32-22)24(34)12-13-25(35)36/h1-11,14-15,23,32H,12-13H2,(H,31,37)(H,35,36)/t23-/m1/s1. The first-order valence-corrected chi connectivity index (χ1v) is 12.3. The third kappa shape index (κ3) is 4.83. The van der Waals surface area contributed by atoms with Gasteiger partial charge in [-0.05, 0) is 41.5 Å². The molecular weight excluding hydrogens is 513 g/mol. The fourth-order valence-electron chi connectivity index (χ4n) is 4.53. The van der Waals surface area contributed by atoms with Crippen molar-refractivity contribution in [3.8, 4) is 11.1 Å². The molecule has 9 heteroatoms. The van der Waals surface area contributed by atoms with E-state index in [9.17, 15) is 14.4 Å². The Bertz CT molecular complexity index is 1620. The van der Waals surface area contributed by atoms with Crippen LogP contribution in [0.15, 0.2) is 83.7 Å². The van der Waals surface area contributed by atoms with Crippen LogP contribution >= 0.6 is 23.2 Å². The molecule has 186 valence electrons. The SMILES string of the molecule is O=C(O)CCC(=O)N1NC(c2c(-c3ccccc3)c3cc(Cl)ccc3[nH]c2=O)=C[C@@H]1c1ccccc1Cl. The molecule has 1 aliphatic heterocycles. The Morgan fingerprint density at radius 1 is 0.919 bits per heavy atom. The maximum absolute atomic E-state index is 13.5. The van der Waals surface area contributed by atoms with Crippen molar-refractivity contribution in [1.29, 1.82) is 0 Å². The molecule has 0 saturated heterocycles. The van der Waals surface area contributed by atoms with Crippen molar-refractivity contribution < 1.29 is 14.7 Å². The van der Waals surface area contributed by atoms with Crippen molar-refractivity contribution in [1.82, 2.24) is 15.4 Å². The highest BCUT2D eigenvalue weighted by Gasteiger charge is 2.34. The number of pyridine rings is 1. The lowest BCUT2D eigenvalue weighted by molar-refractivity contribution is -0.142. The van der Waals surface area contributed by atoms with Crippen LogP contribution in [-0.4, -0.2) is 27.0 Å². The van der Waals surface area contributed by atoms with Crippen molar-refractivity contribution in [3.63, 3.8) is 0 Å². The van der Waals surface area contributed by atoms with Gasteiger partial charge in [0.25, 0.3) is 5.56 Å². The van der Waals surface area contributed by atoms with Crippen molar-refractivity contribution in [2.24, 2.45) is 0 Å². The van der Waals surface area contributed by atoms with Gasteiger partial charge in [0.05, 0.1) is 17.7 Å². The van der Waals surface area contributed by atoms with Gasteiger partial charge in [-0.25, -0.2) is 5.01 Å². The van der Waals surface area contributed by atoms with Gasteiger partial charge in [-0.1, -0.05) is 71.7 Å². The lowest BCUT2D eigenvalue weighted by Gasteiger charge is -2.26. The van der Waals surface area contributed by atoms with E-state index in [1.54, 1.807) is 48.5 Å². The Hall–Kier alpha value is -4.07. The average Bonchev–Trinajstić information content (AvgIpc) is 3.32. The molecule has 0 aliphatic carbocycles. The van der Waals surface area contributed by atoms with Gasteiger partial charge in [-0.15, -0.1) is 0 Å². The monoisotopic (exact) mass is 533 g/mol. The molecule has 0 unspecified atom stereocenters. The predicted molar refractivity (Wildman–Crippen MR) is 144 cm³/mol. The summed E-state index contributed by atoms with van der Waals surface area (Å²) in [7, 11) is 0. The van der Waals surface area contributed by atoms with Crippen molar-refractivity contribution in [3.05, 3.63) is 110 Å². The second-order valence-corrected chi connectivity index (χ2v) is 9.42. The quantitative estimate of drug-likeness (QED) is 0.291. The summed E-state index contributed by atoms with van der Waals surface area (Å²) in [5.41, 5.74) is 6.15. The highest BCUT2D eigenvalue weighted by molar-refractivity contribution is 6.32. The summed E-state index contributed by atoms with van der Waals surface area (Å²) in [5, 5.41) is 12.1. The molecule has 2 heterocycles. The van der Waals surface area contributed by atoms with Crippen molar-refractivity contribution in [2.45, 2.75) is 18.9 Å². The van der Waals surface area contributed by atoms with Gasteiger partial charge in [0.2, 0.25) is 5.91 Å². The predicted octanol–water partition coefficient (Wildman–Crippen LogP) is 5.80. The van der Waals surface area contributed by atoms with E-state index in [1.165, 1.54) is 5.01 Å². The largest absolute Gasteiger partial charge is 0.481 e. The van der Waals surface area contributed by atoms with Gasteiger partial charge in [-0.3, -0.25) is 19.8 Å². The summed E-state index contributed by atoms with van der Waals surface area (Å²) in [6.45, 7) is 0. The second kappa shape index (κ2) is 10.1. The van der Waals surface area contributed by atoms with Crippen LogP contribution in [0.2, 0.25) is 10.0 Å². The Morgan fingerprint density at radius 3 is 2.38 bits per heavy atom. The molecule has 1 amide bonds. The lowest BCUT2D eigenvalue weighted by atomic mass is 9.94. The number of nitrogens with zero attached hydrogens (tertiary/aromatic N) is 1. The molecule has 3 N–H and O–H groups in total. The maximum atomic E-state index is 13.5. The van der Waals surface area contributed by atoms with E-state index in [0.717, 1.165) is 10.9 Å². The number of hydrazine groups is 1. The normalized spacial score (nSPS) is 14.9. The first-order chi connectivity index (χ1) is 17.8. The van der Waals surface area contributed by atoms with Crippen molar-refractivity contribution in [2.75, 3.05) is 0 Å². The number of aromatic amines is 1. The molecule has 4 aromatic rings. The van der Waals surface area contributed by atoms with Crippen LogP contribution < -0.4 is 11.0 Å². The summed E-state index contributed by atoms with van der Waals surface area (Å²) in [6.07, 6.45) is 1.21. The minimum atomic E-state index is -1.08. The smallest absolute Gasteiger partial charge is 0.303 e. The van der Waals surface area contributed by atoms with Crippen LogP contribution in [0, 0.1) is 0 Å². The van der Waals surface area contributed by atoms with Gasteiger partial charge < -0.3 is 10.1 Å². The van der Waals surface area contributed by atoms with E-state index in [1.807, 2.05) is 30.3 Å². The van der Waals surface area contributed by atoms with E-state index in [2.05, 4.69) is 10.4 Å². The summed E-state index contributed by atoms with van der Waals surface area (Å²) in [5.74, 6) is -1.52. The lowest BCUT2D eigenvalue weighted by Crippen LogP contribution is -2.40. The maximum Gasteiger partial charge on any atom is 0.303 e. The van der Waals surface area contributed by atoms with E-state index in [-0.39, 0.29) is 18.4 Å². The fraction of sp³-hybridized carbons (Fsp3) is 0.107. The summed E-state index contributed by atoms with van der Waals surface area (Å²) >= 11 is 12.8. The van der Waals surface area contributed by atoms with E-state index in [4.69, 9.17) is 28.3 Å². The van der Waals surface area contributed by atoms with Gasteiger partial charge in [0, 0.05) is 32.9 Å². The third-order valence-corrected chi connectivity index (χ3v) is 6.78. The van der Waals surface area contributed by atoms with E-state index in [0.29, 0.717) is 37.9 Å². The molecule has 0 bridgehead atoms. The summed E-state index contributed by atoms with van der Waals surface area (Å²) < 4.78 is 0. The number of benzene rings is 3. The summed E-state index contributed by atoms with van der Waals surface area (Å²) in [6, 6.07) is 21.1.